The minimum absolute atomic E-state index is 0.0609. The molecule has 1 fully saturated rings. The fraction of sp³-hybridized carbons (Fsp3) is 0.750. The standard InChI is InChI=1S/C8H13NO3/c1-3-6-5(8(11)12)4-7(10)9(6)2/h5-6H,3-4H2,1-2H3,(H,11,12)/t5-,6+/m0/s1. The van der Waals surface area contributed by atoms with Gasteiger partial charge in [-0.15, -0.1) is 0 Å². The Balaban J connectivity index is 2.78. The van der Waals surface area contributed by atoms with E-state index in [4.69, 9.17) is 5.11 Å². The molecule has 1 rings (SSSR count). The van der Waals surface area contributed by atoms with Gasteiger partial charge in [0.15, 0.2) is 0 Å². The Morgan fingerprint density at radius 2 is 2.33 bits per heavy atom. The molecule has 0 saturated carbocycles. The molecule has 1 heterocycles. The number of nitrogens with zero attached hydrogens (tertiary/aromatic N) is 1. The molecule has 2 atom stereocenters. The number of carboxylic acid groups (broad SMARTS) is 1. The summed E-state index contributed by atoms with van der Waals surface area (Å²) in [7, 11) is 1.67. The van der Waals surface area contributed by atoms with E-state index in [-0.39, 0.29) is 18.4 Å². The van der Waals surface area contributed by atoms with Crippen molar-refractivity contribution in [3.8, 4) is 0 Å². The molecule has 0 aromatic rings. The third-order valence-electron chi connectivity index (χ3n) is 2.49. The summed E-state index contributed by atoms with van der Waals surface area (Å²) in [5.41, 5.74) is 0. The molecule has 0 spiro atoms. The van der Waals surface area contributed by atoms with Gasteiger partial charge in [0.25, 0.3) is 0 Å². The Kier molecular flexibility index (Phi) is 2.35. The van der Waals surface area contributed by atoms with Gasteiger partial charge < -0.3 is 10.0 Å². The van der Waals surface area contributed by atoms with Crippen LogP contribution in [0, 0.1) is 5.92 Å². The minimum Gasteiger partial charge on any atom is -0.481 e. The Bertz CT molecular complexity index is 214. The summed E-state index contributed by atoms with van der Waals surface area (Å²) in [6.07, 6.45) is 0.865. The lowest BCUT2D eigenvalue weighted by atomic mass is 9.99. The van der Waals surface area contributed by atoms with Crippen molar-refractivity contribution in [2.24, 2.45) is 5.92 Å². The SMILES string of the molecule is CC[C@@H]1[C@@H](C(=O)O)CC(=O)N1C. The Morgan fingerprint density at radius 1 is 1.75 bits per heavy atom. The van der Waals surface area contributed by atoms with Gasteiger partial charge in [-0.1, -0.05) is 6.92 Å². The molecule has 1 N–H and O–H groups in total. The molecule has 1 aliphatic heterocycles. The van der Waals surface area contributed by atoms with Gasteiger partial charge in [-0.2, -0.15) is 0 Å². The van der Waals surface area contributed by atoms with Crippen LogP contribution in [-0.2, 0) is 9.59 Å². The molecule has 1 aliphatic rings. The number of carbonyl (C=O) groups is 2. The van der Waals surface area contributed by atoms with E-state index in [9.17, 15) is 9.59 Å². The Labute approximate surface area is 71.2 Å². The minimum atomic E-state index is -0.862. The van der Waals surface area contributed by atoms with Crippen molar-refractivity contribution in [1.29, 1.82) is 0 Å². The number of carbonyl (C=O) groups excluding carboxylic acids is 1. The number of carboxylic acids is 1. The van der Waals surface area contributed by atoms with Crippen LogP contribution in [0.25, 0.3) is 0 Å². The second-order valence-corrected chi connectivity index (χ2v) is 3.13. The summed E-state index contributed by atoms with van der Waals surface area (Å²) in [4.78, 5) is 23.3. The summed E-state index contributed by atoms with van der Waals surface area (Å²) in [5.74, 6) is -1.43. The van der Waals surface area contributed by atoms with Crippen LogP contribution in [0.2, 0.25) is 0 Å². The van der Waals surface area contributed by atoms with Gasteiger partial charge in [0.1, 0.15) is 0 Å². The van der Waals surface area contributed by atoms with Gasteiger partial charge in [0, 0.05) is 19.5 Å². The molecule has 4 heteroatoms. The highest BCUT2D eigenvalue weighted by molar-refractivity contribution is 5.86. The molecule has 0 aromatic heterocycles. The van der Waals surface area contributed by atoms with Crippen LogP contribution in [0.5, 0.6) is 0 Å². The zero-order chi connectivity index (χ0) is 9.30. The number of amides is 1. The summed E-state index contributed by atoms with van der Waals surface area (Å²) in [5, 5.41) is 8.77. The van der Waals surface area contributed by atoms with E-state index in [2.05, 4.69) is 0 Å². The van der Waals surface area contributed by atoms with Crippen LogP contribution in [0.4, 0.5) is 0 Å². The van der Waals surface area contributed by atoms with Gasteiger partial charge in [-0.3, -0.25) is 9.59 Å². The van der Waals surface area contributed by atoms with Crippen LogP contribution in [0.15, 0.2) is 0 Å². The molecule has 0 unspecified atom stereocenters. The van der Waals surface area contributed by atoms with Gasteiger partial charge >= 0.3 is 5.97 Å². The van der Waals surface area contributed by atoms with Crippen molar-refractivity contribution in [2.75, 3.05) is 7.05 Å². The third-order valence-corrected chi connectivity index (χ3v) is 2.49. The summed E-state index contributed by atoms with van der Waals surface area (Å²) in [6, 6.07) is -0.116. The molecule has 68 valence electrons. The number of aliphatic carboxylic acids is 1. The molecule has 1 amide bonds. The van der Waals surface area contributed by atoms with E-state index in [1.807, 2.05) is 6.92 Å². The molecule has 0 radical (unpaired) electrons. The summed E-state index contributed by atoms with van der Waals surface area (Å²) in [6.45, 7) is 1.90. The lowest BCUT2D eigenvalue weighted by molar-refractivity contribution is -0.142. The zero-order valence-electron chi connectivity index (χ0n) is 7.28. The number of rotatable bonds is 2. The first-order valence-corrected chi connectivity index (χ1v) is 4.06. The highest BCUT2D eigenvalue weighted by Gasteiger charge is 2.40. The smallest absolute Gasteiger partial charge is 0.309 e. The van der Waals surface area contributed by atoms with E-state index in [0.717, 1.165) is 0 Å². The van der Waals surface area contributed by atoms with Crippen molar-refractivity contribution in [3.05, 3.63) is 0 Å². The molecule has 0 bridgehead atoms. The predicted molar refractivity (Wildman–Crippen MR) is 42.6 cm³/mol. The fourth-order valence-electron chi connectivity index (χ4n) is 1.73. The van der Waals surface area contributed by atoms with Crippen molar-refractivity contribution in [1.82, 2.24) is 4.90 Å². The lowest BCUT2D eigenvalue weighted by Gasteiger charge is -2.20. The number of likely N-dealkylation sites (tertiary alicyclic amines) is 1. The lowest BCUT2D eigenvalue weighted by Crippen LogP contribution is -2.33. The molecule has 4 nitrogen and oxygen atoms in total. The van der Waals surface area contributed by atoms with Gasteiger partial charge in [0.05, 0.1) is 5.92 Å². The predicted octanol–water partition coefficient (Wildman–Crippen LogP) is 0.328. The van der Waals surface area contributed by atoms with Crippen molar-refractivity contribution < 1.29 is 14.7 Å². The summed E-state index contributed by atoms with van der Waals surface area (Å²) < 4.78 is 0. The summed E-state index contributed by atoms with van der Waals surface area (Å²) >= 11 is 0. The van der Waals surface area contributed by atoms with Crippen LogP contribution in [0.1, 0.15) is 19.8 Å². The maximum Gasteiger partial charge on any atom is 0.309 e. The number of hydrogen-bond acceptors (Lipinski definition) is 2. The first-order valence-electron chi connectivity index (χ1n) is 4.06. The highest BCUT2D eigenvalue weighted by Crippen LogP contribution is 2.26. The first kappa shape index (κ1) is 9.03. The monoisotopic (exact) mass is 171 g/mol. The average molecular weight is 171 g/mol. The molecular formula is C8H13NO3. The van der Waals surface area contributed by atoms with E-state index in [1.54, 1.807) is 11.9 Å². The highest BCUT2D eigenvalue weighted by atomic mass is 16.4. The van der Waals surface area contributed by atoms with E-state index < -0.39 is 11.9 Å². The fourth-order valence-corrected chi connectivity index (χ4v) is 1.73. The van der Waals surface area contributed by atoms with Gasteiger partial charge in [-0.05, 0) is 6.42 Å². The van der Waals surface area contributed by atoms with Crippen LogP contribution < -0.4 is 0 Å². The van der Waals surface area contributed by atoms with Crippen molar-refractivity contribution >= 4 is 11.9 Å². The van der Waals surface area contributed by atoms with Gasteiger partial charge in [-0.25, -0.2) is 0 Å². The molecule has 12 heavy (non-hydrogen) atoms. The van der Waals surface area contributed by atoms with Crippen molar-refractivity contribution in [2.45, 2.75) is 25.8 Å². The van der Waals surface area contributed by atoms with Crippen LogP contribution in [0.3, 0.4) is 0 Å². The third kappa shape index (κ3) is 1.29. The quantitative estimate of drug-likeness (QED) is 0.651. The van der Waals surface area contributed by atoms with Crippen LogP contribution in [-0.4, -0.2) is 35.0 Å². The number of hydrogen-bond donors (Lipinski definition) is 1. The maximum atomic E-state index is 11.1. The first-order chi connectivity index (χ1) is 5.57. The van der Waals surface area contributed by atoms with Gasteiger partial charge in [0.2, 0.25) is 5.91 Å². The van der Waals surface area contributed by atoms with Crippen LogP contribution >= 0.6 is 0 Å². The average Bonchev–Trinajstić information content (AvgIpc) is 2.29. The molecule has 0 aliphatic carbocycles. The zero-order valence-corrected chi connectivity index (χ0v) is 7.28. The second kappa shape index (κ2) is 3.13. The Morgan fingerprint density at radius 3 is 2.67 bits per heavy atom. The Hall–Kier alpha value is -1.06. The van der Waals surface area contributed by atoms with E-state index in [0.29, 0.717) is 6.42 Å². The van der Waals surface area contributed by atoms with E-state index in [1.165, 1.54) is 0 Å². The molecular weight excluding hydrogens is 158 g/mol. The molecule has 1 saturated heterocycles. The molecule has 0 aromatic carbocycles. The second-order valence-electron chi connectivity index (χ2n) is 3.13. The topological polar surface area (TPSA) is 57.6 Å². The maximum absolute atomic E-state index is 11.1. The van der Waals surface area contributed by atoms with Crippen molar-refractivity contribution in [3.63, 3.8) is 0 Å². The van der Waals surface area contributed by atoms with E-state index >= 15 is 0 Å². The largest absolute Gasteiger partial charge is 0.481 e. The normalized spacial score (nSPS) is 29.5.